The van der Waals surface area contributed by atoms with Crippen molar-refractivity contribution in [2.24, 2.45) is 4.99 Å². The third-order valence-electron chi connectivity index (χ3n) is 4.71. The highest BCUT2D eigenvalue weighted by molar-refractivity contribution is 14.0. The SMILES string of the molecule is CCNC(=NCCC1=CCOCC1)N(C)Cc1nc2c(s1)CCCC2.I. The Labute approximate surface area is 178 Å². The van der Waals surface area contributed by atoms with E-state index in [-0.39, 0.29) is 24.0 Å². The maximum absolute atomic E-state index is 5.37. The van der Waals surface area contributed by atoms with Gasteiger partial charge in [-0.05, 0) is 45.4 Å². The molecule has 146 valence electrons. The van der Waals surface area contributed by atoms with Crippen LogP contribution in [0.4, 0.5) is 0 Å². The first-order valence-corrected chi connectivity index (χ1v) is 10.3. The number of aliphatic imine (C=N–C) groups is 1. The monoisotopic (exact) mass is 490 g/mol. The minimum absolute atomic E-state index is 0. The maximum atomic E-state index is 5.37. The highest BCUT2D eigenvalue weighted by atomic mass is 127. The third-order valence-corrected chi connectivity index (χ3v) is 5.85. The quantitative estimate of drug-likeness (QED) is 0.286. The molecule has 2 aliphatic rings. The van der Waals surface area contributed by atoms with Crippen LogP contribution in [-0.2, 0) is 24.1 Å². The van der Waals surface area contributed by atoms with Crippen molar-refractivity contribution in [2.45, 2.75) is 52.0 Å². The lowest BCUT2D eigenvalue weighted by atomic mass is 10.0. The minimum atomic E-state index is 0. The molecule has 0 atom stereocenters. The average molecular weight is 490 g/mol. The van der Waals surface area contributed by atoms with Gasteiger partial charge in [-0.15, -0.1) is 35.3 Å². The van der Waals surface area contributed by atoms with Crippen LogP contribution in [0, 0.1) is 0 Å². The first kappa shape index (κ1) is 21.6. The van der Waals surface area contributed by atoms with Gasteiger partial charge in [0.15, 0.2) is 5.96 Å². The number of fused-ring (bicyclic) bond motifs is 1. The summed E-state index contributed by atoms with van der Waals surface area (Å²) in [6, 6.07) is 0. The highest BCUT2D eigenvalue weighted by Crippen LogP contribution is 2.27. The summed E-state index contributed by atoms with van der Waals surface area (Å²) in [6.45, 7) is 6.27. The van der Waals surface area contributed by atoms with E-state index in [0.717, 1.165) is 58.1 Å². The Morgan fingerprint density at radius 1 is 1.35 bits per heavy atom. The molecule has 0 bridgehead atoms. The molecule has 1 aromatic rings. The Bertz CT molecular complexity index is 606. The molecular weight excluding hydrogens is 459 g/mol. The zero-order valence-electron chi connectivity index (χ0n) is 15.9. The van der Waals surface area contributed by atoms with Crippen LogP contribution in [0.25, 0.3) is 0 Å². The summed E-state index contributed by atoms with van der Waals surface area (Å²) in [7, 11) is 2.11. The fourth-order valence-corrected chi connectivity index (χ4v) is 4.53. The lowest BCUT2D eigenvalue weighted by molar-refractivity contribution is 0.153. The summed E-state index contributed by atoms with van der Waals surface area (Å²) in [5, 5.41) is 4.63. The molecule has 1 N–H and O–H groups in total. The number of halogens is 1. The molecule has 0 radical (unpaired) electrons. The van der Waals surface area contributed by atoms with Crippen molar-refractivity contribution in [3.8, 4) is 0 Å². The molecule has 2 heterocycles. The van der Waals surface area contributed by atoms with Gasteiger partial charge in [0.05, 0.1) is 25.5 Å². The van der Waals surface area contributed by atoms with Gasteiger partial charge in [0.25, 0.3) is 0 Å². The summed E-state index contributed by atoms with van der Waals surface area (Å²) < 4.78 is 5.37. The van der Waals surface area contributed by atoms with Crippen molar-refractivity contribution >= 4 is 41.3 Å². The molecule has 0 saturated carbocycles. The van der Waals surface area contributed by atoms with Crippen molar-refractivity contribution in [1.29, 1.82) is 0 Å². The normalized spacial score (nSPS) is 17.2. The fourth-order valence-electron chi connectivity index (χ4n) is 3.32. The summed E-state index contributed by atoms with van der Waals surface area (Å²) >= 11 is 1.89. The zero-order chi connectivity index (χ0) is 17.5. The second-order valence-electron chi connectivity index (χ2n) is 6.71. The molecule has 3 rings (SSSR count). The summed E-state index contributed by atoms with van der Waals surface area (Å²) in [4.78, 5) is 13.4. The van der Waals surface area contributed by atoms with Crippen LogP contribution in [0.3, 0.4) is 0 Å². The Morgan fingerprint density at radius 3 is 2.92 bits per heavy atom. The molecular formula is C19H31IN4OS. The predicted molar refractivity (Wildman–Crippen MR) is 120 cm³/mol. The van der Waals surface area contributed by atoms with Gasteiger partial charge in [-0.1, -0.05) is 11.6 Å². The molecule has 1 aliphatic carbocycles. The second kappa shape index (κ2) is 11.2. The van der Waals surface area contributed by atoms with Crippen LogP contribution in [-0.4, -0.2) is 49.2 Å². The van der Waals surface area contributed by atoms with E-state index in [1.54, 1.807) is 0 Å². The molecule has 1 aliphatic heterocycles. The van der Waals surface area contributed by atoms with E-state index >= 15 is 0 Å². The highest BCUT2D eigenvalue weighted by Gasteiger charge is 2.17. The number of nitrogens with one attached hydrogen (secondary N) is 1. The number of ether oxygens (including phenoxy) is 1. The molecule has 0 saturated heterocycles. The largest absolute Gasteiger partial charge is 0.377 e. The smallest absolute Gasteiger partial charge is 0.194 e. The number of rotatable bonds is 6. The van der Waals surface area contributed by atoms with Crippen LogP contribution in [0.5, 0.6) is 0 Å². The van der Waals surface area contributed by atoms with E-state index in [0.29, 0.717) is 0 Å². The van der Waals surface area contributed by atoms with Crippen LogP contribution >= 0.6 is 35.3 Å². The standard InChI is InChI=1S/C19H30N4OS.HI/c1-3-20-19(21-11-8-15-9-12-24-13-10-15)23(2)14-18-22-16-6-4-5-7-17(16)25-18;/h9H,3-8,10-14H2,1-2H3,(H,20,21);1H. The van der Waals surface area contributed by atoms with Gasteiger partial charge in [0.2, 0.25) is 0 Å². The van der Waals surface area contributed by atoms with Gasteiger partial charge in [-0.3, -0.25) is 4.99 Å². The Kier molecular flexibility index (Phi) is 9.35. The van der Waals surface area contributed by atoms with Crippen molar-refractivity contribution in [3.05, 3.63) is 27.2 Å². The number of aromatic nitrogens is 1. The summed E-state index contributed by atoms with van der Waals surface area (Å²) in [6.07, 6.45) is 9.25. The van der Waals surface area contributed by atoms with Crippen molar-refractivity contribution in [2.75, 3.05) is 33.4 Å². The molecule has 0 aromatic carbocycles. The van der Waals surface area contributed by atoms with Crippen molar-refractivity contribution in [3.63, 3.8) is 0 Å². The van der Waals surface area contributed by atoms with E-state index < -0.39 is 0 Å². The first-order chi connectivity index (χ1) is 12.3. The van der Waals surface area contributed by atoms with E-state index in [1.165, 1.54) is 40.4 Å². The van der Waals surface area contributed by atoms with Crippen LogP contribution in [0.15, 0.2) is 16.6 Å². The van der Waals surface area contributed by atoms with Gasteiger partial charge < -0.3 is 15.0 Å². The van der Waals surface area contributed by atoms with E-state index in [9.17, 15) is 0 Å². The topological polar surface area (TPSA) is 49.8 Å². The number of guanidine groups is 1. The predicted octanol–water partition coefficient (Wildman–Crippen LogP) is 3.77. The molecule has 0 spiro atoms. The molecule has 0 fully saturated rings. The number of thiazole rings is 1. The number of hydrogen-bond acceptors (Lipinski definition) is 4. The van der Waals surface area contributed by atoms with Crippen LogP contribution in [0.1, 0.15) is 48.2 Å². The zero-order valence-corrected chi connectivity index (χ0v) is 19.1. The Morgan fingerprint density at radius 2 is 2.19 bits per heavy atom. The molecule has 5 nitrogen and oxygen atoms in total. The third kappa shape index (κ3) is 6.20. The molecule has 7 heteroatoms. The minimum Gasteiger partial charge on any atom is -0.377 e. The van der Waals surface area contributed by atoms with Gasteiger partial charge in [-0.2, -0.15) is 0 Å². The lowest BCUT2D eigenvalue weighted by Crippen LogP contribution is -2.38. The van der Waals surface area contributed by atoms with Gasteiger partial charge in [0.1, 0.15) is 5.01 Å². The van der Waals surface area contributed by atoms with E-state index in [2.05, 4.69) is 30.3 Å². The summed E-state index contributed by atoms with van der Waals surface area (Å²) in [5.41, 5.74) is 2.81. The number of aryl methyl sites for hydroxylation is 2. The fraction of sp³-hybridized carbons (Fsp3) is 0.684. The van der Waals surface area contributed by atoms with Gasteiger partial charge in [-0.25, -0.2) is 4.98 Å². The Balaban J connectivity index is 0.00000243. The molecule has 0 amide bonds. The van der Waals surface area contributed by atoms with E-state index in [1.807, 2.05) is 11.3 Å². The average Bonchev–Trinajstić information content (AvgIpc) is 3.04. The molecule has 1 aromatic heterocycles. The van der Waals surface area contributed by atoms with Crippen LogP contribution < -0.4 is 5.32 Å². The Hall–Kier alpha value is -0.670. The molecule has 26 heavy (non-hydrogen) atoms. The van der Waals surface area contributed by atoms with Crippen molar-refractivity contribution in [1.82, 2.24) is 15.2 Å². The van der Waals surface area contributed by atoms with Crippen LogP contribution in [0.2, 0.25) is 0 Å². The second-order valence-corrected chi connectivity index (χ2v) is 7.88. The van der Waals surface area contributed by atoms with Gasteiger partial charge in [0, 0.05) is 25.0 Å². The lowest BCUT2D eigenvalue weighted by Gasteiger charge is -2.21. The maximum Gasteiger partial charge on any atom is 0.194 e. The van der Waals surface area contributed by atoms with Gasteiger partial charge >= 0.3 is 0 Å². The van der Waals surface area contributed by atoms with Crippen molar-refractivity contribution < 1.29 is 4.74 Å². The summed E-state index contributed by atoms with van der Waals surface area (Å²) in [5.74, 6) is 0.975. The number of nitrogens with zero attached hydrogens (tertiary/aromatic N) is 3. The van der Waals surface area contributed by atoms with E-state index in [4.69, 9.17) is 14.7 Å². The first-order valence-electron chi connectivity index (χ1n) is 9.49. The number of hydrogen-bond donors (Lipinski definition) is 1. The molecule has 0 unspecified atom stereocenters.